The molecule has 2 rings (SSSR count). The van der Waals surface area contributed by atoms with E-state index < -0.39 is 17.6 Å². The molecule has 1 aromatic carbocycles. The molecule has 1 aliphatic heterocycles. The van der Waals surface area contributed by atoms with E-state index in [1.807, 2.05) is 4.90 Å². The Kier molecular flexibility index (Phi) is 3.66. The highest BCUT2D eigenvalue weighted by atomic mass is 19.4. The van der Waals surface area contributed by atoms with Crippen molar-refractivity contribution in [3.8, 4) is 0 Å². The van der Waals surface area contributed by atoms with Crippen LogP contribution in [-0.4, -0.2) is 32.1 Å². The van der Waals surface area contributed by atoms with Crippen molar-refractivity contribution in [3.63, 3.8) is 0 Å². The third-order valence-corrected chi connectivity index (χ3v) is 2.97. The van der Waals surface area contributed by atoms with Crippen molar-refractivity contribution in [2.24, 2.45) is 5.73 Å². The summed E-state index contributed by atoms with van der Waals surface area (Å²) in [7, 11) is 0. The fourth-order valence-electron chi connectivity index (χ4n) is 2.02. The van der Waals surface area contributed by atoms with Crippen molar-refractivity contribution in [1.82, 2.24) is 0 Å². The number of ether oxygens (including phenoxy) is 1. The van der Waals surface area contributed by atoms with Crippen molar-refractivity contribution in [2.75, 3.05) is 31.2 Å². The van der Waals surface area contributed by atoms with Gasteiger partial charge in [0.25, 0.3) is 0 Å². The number of hydrogen-bond donors (Lipinski definition) is 2. The van der Waals surface area contributed by atoms with Gasteiger partial charge in [0.15, 0.2) is 0 Å². The minimum absolute atomic E-state index is 0.281. The highest BCUT2D eigenvalue weighted by molar-refractivity contribution is 5.97. The van der Waals surface area contributed by atoms with Gasteiger partial charge in [-0.25, -0.2) is 0 Å². The van der Waals surface area contributed by atoms with Crippen LogP contribution in [0.5, 0.6) is 0 Å². The summed E-state index contributed by atoms with van der Waals surface area (Å²) in [4.78, 5) is 1.91. The Bertz CT molecular complexity index is 482. The lowest BCUT2D eigenvalue weighted by Gasteiger charge is -2.29. The summed E-state index contributed by atoms with van der Waals surface area (Å²) in [5.41, 5.74) is 4.72. The number of hydrogen-bond acceptors (Lipinski definition) is 3. The number of benzene rings is 1. The summed E-state index contributed by atoms with van der Waals surface area (Å²) in [6.07, 6.45) is -4.51. The Morgan fingerprint density at radius 2 is 1.89 bits per heavy atom. The van der Waals surface area contributed by atoms with E-state index in [-0.39, 0.29) is 5.56 Å². The van der Waals surface area contributed by atoms with Crippen molar-refractivity contribution in [1.29, 1.82) is 5.41 Å². The summed E-state index contributed by atoms with van der Waals surface area (Å²) in [6.45, 7) is 2.30. The van der Waals surface area contributed by atoms with Gasteiger partial charge in [-0.2, -0.15) is 13.2 Å². The number of halogens is 3. The van der Waals surface area contributed by atoms with Gasteiger partial charge in [0.2, 0.25) is 0 Å². The van der Waals surface area contributed by atoms with Crippen LogP contribution < -0.4 is 10.6 Å². The van der Waals surface area contributed by atoms with Crippen LogP contribution in [0.2, 0.25) is 0 Å². The maximum absolute atomic E-state index is 12.8. The van der Waals surface area contributed by atoms with E-state index >= 15 is 0 Å². The predicted molar refractivity (Wildman–Crippen MR) is 65.5 cm³/mol. The fraction of sp³-hybridized carbons (Fsp3) is 0.417. The third kappa shape index (κ3) is 2.98. The number of rotatable bonds is 2. The van der Waals surface area contributed by atoms with E-state index in [1.54, 1.807) is 0 Å². The third-order valence-electron chi connectivity index (χ3n) is 2.97. The van der Waals surface area contributed by atoms with Crippen LogP contribution in [0, 0.1) is 5.41 Å². The van der Waals surface area contributed by atoms with Crippen LogP contribution in [0.15, 0.2) is 18.2 Å². The molecule has 1 aliphatic rings. The molecule has 1 heterocycles. The van der Waals surface area contributed by atoms with E-state index in [2.05, 4.69) is 0 Å². The maximum Gasteiger partial charge on any atom is 0.417 e. The molecular formula is C12H14F3N3O. The SMILES string of the molecule is N=C(N)c1cc(N2CCOCC2)ccc1C(F)(F)F. The highest BCUT2D eigenvalue weighted by Gasteiger charge is 2.34. The summed E-state index contributed by atoms with van der Waals surface area (Å²) in [6, 6.07) is 3.69. The van der Waals surface area contributed by atoms with E-state index in [4.69, 9.17) is 15.9 Å². The van der Waals surface area contributed by atoms with E-state index in [1.165, 1.54) is 12.1 Å². The van der Waals surface area contributed by atoms with Crippen molar-refractivity contribution in [3.05, 3.63) is 29.3 Å². The van der Waals surface area contributed by atoms with Gasteiger partial charge in [0.05, 0.1) is 18.8 Å². The summed E-state index contributed by atoms with van der Waals surface area (Å²) in [5, 5.41) is 7.30. The largest absolute Gasteiger partial charge is 0.417 e. The highest BCUT2D eigenvalue weighted by Crippen LogP contribution is 2.34. The molecular weight excluding hydrogens is 259 g/mol. The molecule has 19 heavy (non-hydrogen) atoms. The Morgan fingerprint density at radius 3 is 2.42 bits per heavy atom. The molecule has 4 nitrogen and oxygen atoms in total. The van der Waals surface area contributed by atoms with Gasteiger partial charge in [-0.15, -0.1) is 0 Å². The van der Waals surface area contributed by atoms with E-state index in [0.717, 1.165) is 6.07 Å². The Morgan fingerprint density at radius 1 is 1.26 bits per heavy atom. The molecule has 7 heteroatoms. The number of amidine groups is 1. The lowest BCUT2D eigenvalue weighted by Crippen LogP contribution is -2.36. The molecule has 104 valence electrons. The van der Waals surface area contributed by atoms with Gasteiger partial charge < -0.3 is 15.4 Å². The molecule has 0 aliphatic carbocycles. The van der Waals surface area contributed by atoms with Gasteiger partial charge in [0.1, 0.15) is 5.84 Å². The second-order valence-electron chi connectivity index (χ2n) is 4.24. The second-order valence-corrected chi connectivity index (χ2v) is 4.24. The van der Waals surface area contributed by atoms with Crippen LogP contribution >= 0.6 is 0 Å². The summed E-state index contributed by atoms with van der Waals surface area (Å²) in [5.74, 6) is -0.581. The molecule has 0 bridgehead atoms. The van der Waals surface area contributed by atoms with Crippen LogP contribution in [0.3, 0.4) is 0 Å². The zero-order chi connectivity index (χ0) is 14.0. The standard InChI is InChI=1S/C12H14F3N3O/c13-12(14,15)10-2-1-8(7-9(10)11(16)17)18-3-5-19-6-4-18/h1-2,7H,3-6H2,(H3,16,17). The van der Waals surface area contributed by atoms with Gasteiger partial charge in [-0.3, -0.25) is 5.41 Å². The lowest BCUT2D eigenvalue weighted by atomic mass is 10.0. The van der Waals surface area contributed by atoms with Gasteiger partial charge in [-0.1, -0.05) is 0 Å². The Hall–Kier alpha value is -1.76. The second kappa shape index (κ2) is 5.08. The molecule has 1 aromatic rings. The topological polar surface area (TPSA) is 62.3 Å². The number of anilines is 1. The molecule has 1 fully saturated rings. The molecule has 0 saturated carbocycles. The average Bonchev–Trinajstić information content (AvgIpc) is 2.38. The van der Waals surface area contributed by atoms with Crippen molar-refractivity contribution in [2.45, 2.75) is 6.18 Å². The summed E-state index contributed by atoms with van der Waals surface area (Å²) < 4.78 is 43.6. The number of nitrogens with zero attached hydrogens (tertiary/aromatic N) is 1. The predicted octanol–water partition coefficient (Wildman–Crippen LogP) is 1.83. The first-order chi connectivity index (χ1) is 8.89. The monoisotopic (exact) mass is 273 g/mol. The average molecular weight is 273 g/mol. The number of nitrogen functional groups attached to an aromatic ring is 1. The van der Waals surface area contributed by atoms with Crippen LogP contribution in [0.1, 0.15) is 11.1 Å². The Labute approximate surface area is 108 Å². The quantitative estimate of drug-likeness (QED) is 0.638. The first-order valence-corrected chi connectivity index (χ1v) is 5.78. The summed E-state index contributed by atoms with van der Waals surface area (Å²) >= 11 is 0. The molecule has 0 aromatic heterocycles. The van der Waals surface area contributed by atoms with E-state index in [9.17, 15) is 13.2 Å². The molecule has 0 unspecified atom stereocenters. The smallest absolute Gasteiger partial charge is 0.384 e. The van der Waals surface area contributed by atoms with Gasteiger partial charge in [0, 0.05) is 24.3 Å². The van der Waals surface area contributed by atoms with Gasteiger partial charge in [-0.05, 0) is 18.2 Å². The van der Waals surface area contributed by atoms with E-state index in [0.29, 0.717) is 32.0 Å². The molecule has 0 spiro atoms. The number of nitrogens with two attached hydrogens (primary N) is 1. The molecule has 1 saturated heterocycles. The van der Waals surface area contributed by atoms with Gasteiger partial charge >= 0.3 is 6.18 Å². The minimum Gasteiger partial charge on any atom is -0.384 e. The fourth-order valence-corrected chi connectivity index (χ4v) is 2.02. The van der Waals surface area contributed by atoms with Crippen molar-refractivity contribution < 1.29 is 17.9 Å². The molecule has 0 radical (unpaired) electrons. The molecule has 0 amide bonds. The zero-order valence-electron chi connectivity index (χ0n) is 10.1. The maximum atomic E-state index is 12.8. The zero-order valence-corrected chi connectivity index (χ0v) is 10.1. The molecule has 3 N–H and O–H groups in total. The van der Waals surface area contributed by atoms with Crippen LogP contribution in [0.4, 0.5) is 18.9 Å². The normalized spacial score (nSPS) is 16.5. The van der Waals surface area contributed by atoms with Crippen LogP contribution in [0.25, 0.3) is 0 Å². The number of nitrogens with one attached hydrogen (secondary N) is 1. The molecule has 0 atom stereocenters. The first kappa shape index (κ1) is 13.7. The minimum atomic E-state index is -4.51. The number of morpholine rings is 1. The number of alkyl halides is 3. The van der Waals surface area contributed by atoms with Crippen LogP contribution in [-0.2, 0) is 10.9 Å². The lowest BCUT2D eigenvalue weighted by molar-refractivity contribution is -0.137. The first-order valence-electron chi connectivity index (χ1n) is 5.78. The Balaban J connectivity index is 2.38. The van der Waals surface area contributed by atoms with Crippen molar-refractivity contribution >= 4 is 11.5 Å².